The van der Waals surface area contributed by atoms with Crippen molar-refractivity contribution in [1.29, 1.82) is 0 Å². The zero-order valence-electron chi connectivity index (χ0n) is 15.9. The molecule has 0 spiro atoms. The molecule has 1 aliphatic heterocycles. The van der Waals surface area contributed by atoms with Gasteiger partial charge in [0.25, 0.3) is 0 Å². The lowest BCUT2D eigenvalue weighted by molar-refractivity contribution is 0.127. The summed E-state index contributed by atoms with van der Waals surface area (Å²) in [5, 5.41) is 16.2. The summed E-state index contributed by atoms with van der Waals surface area (Å²) in [6, 6.07) is 0. The van der Waals surface area contributed by atoms with Gasteiger partial charge < -0.3 is 20.5 Å². The molecule has 0 amide bonds. The monoisotopic (exact) mass is 339 g/mol. The number of hydrogen-bond donors (Lipinski definition) is 3. The van der Waals surface area contributed by atoms with E-state index in [1.807, 2.05) is 0 Å². The fourth-order valence-electron chi connectivity index (χ4n) is 4.04. The van der Waals surface area contributed by atoms with Gasteiger partial charge in [0, 0.05) is 38.3 Å². The largest absolute Gasteiger partial charge is 0.396 e. The van der Waals surface area contributed by atoms with Crippen LogP contribution >= 0.6 is 0 Å². The molecule has 2 fully saturated rings. The Labute approximate surface area is 147 Å². The molecule has 3 N–H and O–H groups in total. The zero-order chi connectivity index (χ0) is 17.5. The van der Waals surface area contributed by atoms with Crippen molar-refractivity contribution in [2.24, 2.45) is 21.7 Å². The van der Waals surface area contributed by atoms with Crippen molar-refractivity contribution in [3.8, 4) is 0 Å². The van der Waals surface area contributed by atoms with Crippen molar-refractivity contribution in [3.63, 3.8) is 0 Å². The molecule has 5 nitrogen and oxygen atoms in total. The van der Waals surface area contributed by atoms with Crippen molar-refractivity contribution in [1.82, 2.24) is 10.6 Å². The average molecular weight is 340 g/mol. The quantitative estimate of drug-likeness (QED) is 0.470. The molecule has 0 aromatic heterocycles. The lowest BCUT2D eigenvalue weighted by atomic mass is 9.78. The molecule has 0 aromatic carbocycles. The van der Waals surface area contributed by atoms with Crippen LogP contribution in [0, 0.1) is 16.7 Å². The van der Waals surface area contributed by atoms with Gasteiger partial charge in [-0.25, -0.2) is 0 Å². The van der Waals surface area contributed by atoms with Gasteiger partial charge >= 0.3 is 0 Å². The second-order valence-electron chi connectivity index (χ2n) is 8.29. The molecule has 1 heterocycles. The first-order valence-electron chi connectivity index (χ1n) is 9.72. The van der Waals surface area contributed by atoms with Gasteiger partial charge in [0.2, 0.25) is 0 Å². The lowest BCUT2D eigenvalue weighted by Gasteiger charge is -2.31. The van der Waals surface area contributed by atoms with Crippen LogP contribution in [0.15, 0.2) is 4.99 Å². The Morgan fingerprint density at radius 3 is 2.62 bits per heavy atom. The van der Waals surface area contributed by atoms with Crippen molar-refractivity contribution in [2.45, 2.75) is 59.3 Å². The van der Waals surface area contributed by atoms with Crippen LogP contribution in [0.5, 0.6) is 0 Å². The molecule has 5 heteroatoms. The van der Waals surface area contributed by atoms with Crippen LogP contribution in [-0.4, -0.2) is 50.5 Å². The number of aliphatic hydroxyl groups is 1. The van der Waals surface area contributed by atoms with Crippen LogP contribution in [0.25, 0.3) is 0 Å². The number of nitrogens with zero attached hydrogens (tertiary/aromatic N) is 1. The molecule has 24 heavy (non-hydrogen) atoms. The summed E-state index contributed by atoms with van der Waals surface area (Å²) in [7, 11) is 0. The zero-order valence-corrected chi connectivity index (χ0v) is 15.9. The van der Waals surface area contributed by atoms with E-state index in [2.05, 4.69) is 31.4 Å². The van der Waals surface area contributed by atoms with E-state index in [0.29, 0.717) is 0 Å². The first-order valence-corrected chi connectivity index (χ1v) is 9.72. The third-order valence-electron chi connectivity index (χ3n) is 5.91. The first kappa shape index (κ1) is 19.5. The number of aliphatic hydroxyl groups excluding tert-OH is 1. The highest BCUT2D eigenvalue weighted by atomic mass is 16.5. The molecule has 2 aliphatic rings. The minimum atomic E-state index is 0.0475. The van der Waals surface area contributed by atoms with Gasteiger partial charge in [-0.15, -0.1) is 0 Å². The summed E-state index contributed by atoms with van der Waals surface area (Å²) < 4.78 is 5.58. The van der Waals surface area contributed by atoms with E-state index in [0.717, 1.165) is 57.6 Å². The first-order chi connectivity index (χ1) is 11.5. The molecular weight excluding hydrogens is 302 g/mol. The van der Waals surface area contributed by atoms with Crippen molar-refractivity contribution < 1.29 is 9.84 Å². The maximum atomic E-state index is 9.36. The van der Waals surface area contributed by atoms with Crippen molar-refractivity contribution >= 4 is 5.96 Å². The predicted octanol–water partition coefficient (Wildman–Crippen LogP) is 2.55. The summed E-state index contributed by atoms with van der Waals surface area (Å²) >= 11 is 0. The van der Waals surface area contributed by atoms with Crippen molar-refractivity contribution in [3.05, 3.63) is 0 Å². The molecule has 1 aliphatic carbocycles. The van der Waals surface area contributed by atoms with Gasteiger partial charge in [0.15, 0.2) is 5.96 Å². The second kappa shape index (κ2) is 9.04. The van der Waals surface area contributed by atoms with E-state index in [4.69, 9.17) is 9.73 Å². The van der Waals surface area contributed by atoms with Gasteiger partial charge in [-0.1, -0.05) is 26.7 Å². The number of aliphatic imine (C=N–C) groups is 1. The third kappa shape index (κ3) is 5.35. The van der Waals surface area contributed by atoms with E-state index in [1.165, 1.54) is 25.7 Å². The molecule has 2 rings (SSSR count). The van der Waals surface area contributed by atoms with Gasteiger partial charge in [-0.2, -0.15) is 0 Å². The maximum absolute atomic E-state index is 9.36. The smallest absolute Gasteiger partial charge is 0.191 e. The van der Waals surface area contributed by atoms with Crippen LogP contribution in [0.3, 0.4) is 0 Å². The molecule has 1 atom stereocenters. The molecule has 1 unspecified atom stereocenters. The van der Waals surface area contributed by atoms with E-state index in [9.17, 15) is 5.11 Å². The standard InChI is InChI=1S/C19H37N3O2/c1-4-20-17(21-13-18(2,3)16-7-5-6-8-16)22-14-19(9-11-23)10-12-24-15-19/h16,23H,4-15H2,1-3H3,(H2,20,21,22). The molecule has 0 aromatic rings. The molecule has 140 valence electrons. The third-order valence-corrected chi connectivity index (χ3v) is 5.91. The Hall–Kier alpha value is -0.810. The molecule has 1 saturated carbocycles. The van der Waals surface area contributed by atoms with Gasteiger partial charge in [-0.05, 0) is 43.9 Å². The minimum absolute atomic E-state index is 0.0475. The number of guanidine groups is 1. The Balaban J connectivity index is 1.92. The van der Waals surface area contributed by atoms with Crippen LogP contribution in [0.1, 0.15) is 59.3 Å². The number of rotatable bonds is 8. The number of nitrogens with one attached hydrogen (secondary N) is 2. The Kier molecular flexibility index (Phi) is 7.35. The average Bonchev–Trinajstić information content (AvgIpc) is 3.23. The maximum Gasteiger partial charge on any atom is 0.191 e. The highest BCUT2D eigenvalue weighted by Crippen LogP contribution is 2.39. The minimum Gasteiger partial charge on any atom is -0.396 e. The summed E-state index contributed by atoms with van der Waals surface area (Å²) in [6.45, 7) is 11.1. The topological polar surface area (TPSA) is 65.9 Å². The molecule has 0 radical (unpaired) electrons. The van der Waals surface area contributed by atoms with Crippen LogP contribution < -0.4 is 10.6 Å². The van der Waals surface area contributed by atoms with Crippen LogP contribution in [0.2, 0.25) is 0 Å². The normalized spacial score (nSPS) is 26.1. The summed E-state index contributed by atoms with van der Waals surface area (Å²) in [5.74, 6) is 1.70. The predicted molar refractivity (Wildman–Crippen MR) is 99.3 cm³/mol. The molecular formula is C19H37N3O2. The number of hydrogen-bond acceptors (Lipinski definition) is 3. The van der Waals surface area contributed by atoms with Gasteiger partial charge in [0.1, 0.15) is 0 Å². The lowest BCUT2D eigenvalue weighted by Crippen LogP contribution is -2.45. The second-order valence-corrected chi connectivity index (χ2v) is 8.29. The van der Waals surface area contributed by atoms with Gasteiger partial charge in [0.05, 0.1) is 6.61 Å². The fraction of sp³-hybridized carbons (Fsp3) is 0.947. The highest BCUT2D eigenvalue weighted by molar-refractivity contribution is 5.79. The Morgan fingerprint density at radius 1 is 1.29 bits per heavy atom. The van der Waals surface area contributed by atoms with Crippen LogP contribution in [0.4, 0.5) is 0 Å². The summed E-state index contributed by atoms with van der Waals surface area (Å²) in [6.07, 6.45) is 7.24. The Bertz CT molecular complexity index is 397. The Morgan fingerprint density at radius 2 is 2.04 bits per heavy atom. The summed E-state index contributed by atoms with van der Waals surface area (Å²) in [5.41, 5.74) is 0.310. The summed E-state index contributed by atoms with van der Waals surface area (Å²) in [4.78, 5) is 4.87. The molecule has 1 saturated heterocycles. The van der Waals surface area contributed by atoms with E-state index >= 15 is 0 Å². The fourth-order valence-corrected chi connectivity index (χ4v) is 4.04. The van der Waals surface area contributed by atoms with E-state index in [-0.39, 0.29) is 17.4 Å². The van der Waals surface area contributed by atoms with Crippen LogP contribution in [-0.2, 0) is 4.74 Å². The molecule has 0 bridgehead atoms. The number of ether oxygens (including phenoxy) is 1. The van der Waals surface area contributed by atoms with Gasteiger partial charge in [-0.3, -0.25) is 4.99 Å². The van der Waals surface area contributed by atoms with E-state index < -0.39 is 0 Å². The van der Waals surface area contributed by atoms with Crippen molar-refractivity contribution in [2.75, 3.05) is 39.5 Å². The van der Waals surface area contributed by atoms with E-state index in [1.54, 1.807) is 0 Å². The highest BCUT2D eigenvalue weighted by Gasteiger charge is 2.35. The SMILES string of the molecule is CCNC(=NCC(C)(C)C1CCCC1)NCC1(CCO)CCOC1.